The Morgan fingerprint density at radius 3 is 2.38 bits per heavy atom. The van der Waals surface area contributed by atoms with Gasteiger partial charge < -0.3 is 10.2 Å². The quantitative estimate of drug-likeness (QED) is 0.767. The fourth-order valence-electron chi connectivity index (χ4n) is 1.37. The molecule has 1 N–H and O–H groups in total. The summed E-state index contributed by atoms with van der Waals surface area (Å²) in [6.07, 6.45) is 0. The minimum atomic E-state index is 0.431. The van der Waals surface area contributed by atoms with Gasteiger partial charge in [0.05, 0.1) is 0 Å². The molecule has 16 heavy (non-hydrogen) atoms. The average Bonchev–Trinajstić information content (AvgIpc) is 2.28. The monoisotopic (exact) mass is 238 g/mol. The van der Waals surface area contributed by atoms with E-state index in [0.717, 1.165) is 12.3 Å². The number of thioether (sulfide) groups is 1. The molecule has 0 heterocycles. The zero-order chi connectivity index (χ0) is 12.0. The van der Waals surface area contributed by atoms with Crippen LogP contribution in [0.1, 0.15) is 18.5 Å². The molecule has 0 radical (unpaired) electrons. The minimum Gasteiger partial charge on any atom is -0.313 e. The summed E-state index contributed by atoms with van der Waals surface area (Å²) in [7, 11) is 6.21. The minimum absolute atomic E-state index is 0.431. The van der Waals surface area contributed by atoms with Crippen LogP contribution < -0.4 is 5.32 Å². The first-order chi connectivity index (χ1) is 7.63. The molecule has 0 saturated heterocycles. The molecule has 2 nitrogen and oxygen atoms in total. The number of nitrogens with one attached hydrogen (secondary N) is 1. The normalized spacial score (nSPS) is 13.1. The van der Waals surface area contributed by atoms with Crippen LogP contribution in [0, 0.1) is 0 Å². The summed E-state index contributed by atoms with van der Waals surface area (Å²) >= 11 is 1.91. The van der Waals surface area contributed by atoms with E-state index in [9.17, 15) is 0 Å². The largest absolute Gasteiger partial charge is 0.313 e. The number of nitrogens with zero attached hydrogens (tertiary/aromatic N) is 1. The van der Waals surface area contributed by atoms with Crippen molar-refractivity contribution in [2.24, 2.45) is 0 Å². The second kappa shape index (κ2) is 6.94. The van der Waals surface area contributed by atoms with E-state index >= 15 is 0 Å². The van der Waals surface area contributed by atoms with Gasteiger partial charge in [-0.3, -0.25) is 0 Å². The van der Waals surface area contributed by atoms with Crippen molar-refractivity contribution in [1.29, 1.82) is 0 Å². The number of hydrogen-bond acceptors (Lipinski definition) is 3. The lowest BCUT2D eigenvalue weighted by Gasteiger charge is -2.12. The van der Waals surface area contributed by atoms with E-state index in [0.29, 0.717) is 6.04 Å². The second-order valence-corrected chi connectivity index (χ2v) is 5.40. The van der Waals surface area contributed by atoms with Gasteiger partial charge in [0.25, 0.3) is 0 Å². The third-order valence-electron chi connectivity index (χ3n) is 2.62. The van der Waals surface area contributed by atoms with Crippen LogP contribution in [0.5, 0.6) is 0 Å². The summed E-state index contributed by atoms with van der Waals surface area (Å²) in [5.74, 6) is 1.15. The highest BCUT2D eigenvalue weighted by atomic mass is 32.2. The Morgan fingerprint density at radius 2 is 1.88 bits per heavy atom. The zero-order valence-electron chi connectivity index (χ0n) is 10.7. The lowest BCUT2D eigenvalue weighted by molar-refractivity contribution is 0.437. The molecule has 0 aromatic heterocycles. The van der Waals surface area contributed by atoms with Crippen LogP contribution in [0.15, 0.2) is 29.2 Å². The van der Waals surface area contributed by atoms with Crippen molar-refractivity contribution in [3.05, 3.63) is 29.8 Å². The molecule has 0 amide bonds. The summed E-state index contributed by atoms with van der Waals surface area (Å²) in [6, 6.07) is 9.27. The Balaban J connectivity index is 2.45. The third kappa shape index (κ3) is 4.56. The Labute approximate surface area is 103 Å². The van der Waals surface area contributed by atoms with Crippen LogP contribution in [0.3, 0.4) is 0 Å². The van der Waals surface area contributed by atoms with Gasteiger partial charge in [0.15, 0.2) is 0 Å². The second-order valence-electron chi connectivity index (χ2n) is 4.23. The van der Waals surface area contributed by atoms with Crippen molar-refractivity contribution in [1.82, 2.24) is 10.2 Å². The van der Waals surface area contributed by atoms with Gasteiger partial charge in [0.2, 0.25) is 0 Å². The molecule has 1 rings (SSSR count). The fourth-order valence-corrected chi connectivity index (χ4v) is 2.39. The first-order valence-electron chi connectivity index (χ1n) is 5.68. The van der Waals surface area contributed by atoms with Crippen molar-refractivity contribution in [2.75, 3.05) is 33.4 Å². The summed E-state index contributed by atoms with van der Waals surface area (Å²) in [6.45, 7) is 3.30. The molecule has 0 bridgehead atoms. The highest BCUT2D eigenvalue weighted by Crippen LogP contribution is 2.20. The van der Waals surface area contributed by atoms with Crippen LogP contribution in [-0.2, 0) is 0 Å². The third-order valence-corrected chi connectivity index (χ3v) is 3.61. The Bertz CT molecular complexity index is 295. The van der Waals surface area contributed by atoms with Gasteiger partial charge in [0.1, 0.15) is 0 Å². The molecule has 0 saturated carbocycles. The van der Waals surface area contributed by atoms with E-state index in [1.54, 1.807) is 0 Å². The van der Waals surface area contributed by atoms with Crippen LogP contribution in [0.4, 0.5) is 0 Å². The maximum absolute atomic E-state index is 3.25. The Morgan fingerprint density at radius 1 is 1.25 bits per heavy atom. The molecule has 90 valence electrons. The summed E-state index contributed by atoms with van der Waals surface area (Å²) < 4.78 is 0. The molecule has 0 fully saturated rings. The van der Waals surface area contributed by atoms with E-state index in [-0.39, 0.29) is 0 Å². The first-order valence-corrected chi connectivity index (χ1v) is 6.67. The predicted octanol–water partition coefficient (Wildman–Crippen LogP) is 2.62. The van der Waals surface area contributed by atoms with Crippen LogP contribution in [0.25, 0.3) is 0 Å². The average molecular weight is 238 g/mol. The highest BCUT2D eigenvalue weighted by molar-refractivity contribution is 7.99. The van der Waals surface area contributed by atoms with Crippen molar-refractivity contribution >= 4 is 11.8 Å². The molecular weight excluding hydrogens is 216 g/mol. The SMILES string of the molecule is CNC(C)c1ccc(SCCN(C)C)cc1. The highest BCUT2D eigenvalue weighted by Gasteiger charge is 2.02. The Hall–Kier alpha value is -0.510. The van der Waals surface area contributed by atoms with Crippen molar-refractivity contribution in [2.45, 2.75) is 17.9 Å². The number of hydrogen-bond donors (Lipinski definition) is 1. The lowest BCUT2D eigenvalue weighted by Crippen LogP contribution is -2.14. The van der Waals surface area contributed by atoms with Gasteiger partial charge in [0, 0.05) is 23.2 Å². The molecule has 1 aromatic rings. The molecule has 3 heteroatoms. The molecule has 1 atom stereocenters. The van der Waals surface area contributed by atoms with E-state index in [2.05, 4.69) is 55.5 Å². The van der Waals surface area contributed by atoms with Gasteiger partial charge in [-0.25, -0.2) is 0 Å². The van der Waals surface area contributed by atoms with E-state index in [4.69, 9.17) is 0 Å². The Kier molecular flexibility index (Phi) is 5.88. The van der Waals surface area contributed by atoms with Crippen LogP contribution in [-0.4, -0.2) is 38.3 Å². The molecule has 0 aliphatic rings. The molecular formula is C13H22N2S. The van der Waals surface area contributed by atoms with Crippen molar-refractivity contribution in [3.63, 3.8) is 0 Å². The van der Waals surface area contributed by atoms with Gasteiger partial charge >= 0.3 is 0 Å². The number of rotatable bonds is 6. The predicted molar refractivity (Wildman–Crippen MR) is 73.2 cm³/mol. The molecule has 1 aromatic carbocycles. The standard InChI is InChI=1S/C13H22N2S/c1-11(14-2)12-5-7-13(8-6-12)16-10-9-15(3)4/h5-8,11,14H,9-10H2,1-4H3. The topological polar surface area (TPSA) is 15.3 Å². The summed E-state index contributed by atoms with van der Waals surface area (Å²) in [5.41, 5.74) is 1.35. The number of benzene rings is 1. The van der Waals surface area contributed by atoms with E-state index in [1.165, 1.54) is 10.5 Å². The lowest BCUT2D eigenvalue weighted by atomic mass is 10.1. The van der Waals surface area contributed by atoms with Crippen molar-refractivity contribution in [3.8, 4) is 0 Å². The van der Waals surface area contributed by atoms with Gasteiger partial charge in [-0.1, -0.05) is 12.1 Å². The molecule has 0 aliphatic heterocycles. The van der Waals surface area contributed by atoms with Gasteiger partial charge in [-0.2, -0.15) is 0 Å². The van der Waals surface area contributed by atoms with E-state index in [1.807, 2.05) is 18.8 Å². The van der Waals surface area contributed by atoms with E-state index < -0.39 is 0 Å². The van der Waals surface area contributed by atoms with Crippen molar-refractivity contribution < 1.29 is 0 Å². The van der Waals surface area contributed by atoms with Crippen LogP contribution in [0.2, 0.25) is 0 Å². The van der Waals surface area contributed by atoms with Gasteiger partial charge in [-0.05, 0) is 45.8 Å². The molecule has 0 spiro atoms. The smallest absolute Gasteiger partial charge is 0.0289 e. The maximum atomic E-state index is 3.25. The zero-order valence-corrected chi connectivity index (χ0v) is 11.5. The first kappa shape index (κ1) is 13.6. The molecule has 1 unspecified atom stereocenters. The maximum Gasteiger partial charge on any atom is 0.0289 e. The fraction of sp³-hybridized carbons (Fsp3) is 0.538. The summed E-state index contributed by atoms with van der Waals surface area (Å²) in [4.78, 5) is 3.57. The van der Waals surface area contributed by atoms with Crippen LogP contribution >= 0.6 is 11.8 Å². The molecule has 0 aliphatic carbocycles. The van der Waals surface area contributed by atoms with Gasteiger partial charge in [-0.15, -0.1) is 11.8 Å². The summed E-state index contributed by atoms with van der Waals surface area (Å²) in [5, 5.41) is 3.25.